The van der Waals surface area contributed by atoms with Crippen molar-refractivity contribution in [3.05, 3.63) is 29.3 Å². The molecule has 4 rings (SSSR count). The summed E-state index contributed by atoms with van der Waals surface area (Å²) in [4.78, 5) is 27.1. The first-order valence-corrected chi connectivity index (χ1v) is 9.66. The molecule has 0 bridgehead atoms. The van der Waals surface area contributed by atoms with Crippen molar-refractivity contribution in [2.75, 3.05) is 13.2 Å². The Morgan fingerprint density at radius 1 is 1.23 bits per heavy atom. The van der Waals surface area contributed by atoms with Gasteiger partial charge in [-0.05, 0) is 49.6 Å². The van der Waals surface area contributed by atoms with Gasteiger partial charge in [-0.1, -0.05) is 18.6 Å². The lowest BCUT2D eigenvalue weighted by Crippen LogP contribution is -2.52. The average molecular weight is 373 g/mol. The molecule has 26 heavy (non-hydrogen) atoms. The molecule has 138 valence electrons. The van der Waals surface area contributed by atoms with E-state index < -0.39 is 6.04 Å². The summed E-state index contributed by atoms with van der Waals surface area (Å²) >= 11 is 5.05. The zero-order chi connectivity index (χ0) is 18.1. The Balaban J connectivity index is 1.43. The van der Waals surface area contributed by atoms with Gasteiger partial charge in [-0.15, -0.1) is 0 Å². The number of ether oxygens (including phenoxy) is 1. The van der Waals surface area contributed by atoms with Crippen LogP contribution in [0, 0.1) is 0 Å². The number of amides is 2. The largest absolute Gasteiger partial charge is 0.492 e. The standard InChI is InChI=1S/C19H23N3O3S/c23-18-16(6-7-17(26)21-18)22-10-12-9-14(4-5-15(12)19(22)24)25-11-13-3-1-2-8-20-13/h4-5,9,13,16,20H,1-3,6-8,10-11H2,(H,21,23,26)/t13-,16?/m1/s1. The van der Waals surface area contributed by atoms with Crippen LogP contribution in [0.3, 0.4) is 0 Å². The number of benzene rings is 1. The lowest BCUT2D eigenvalue weighted by Gasteiger charge is -2.30. The van der Waals surface area contributed by atoms with E-state index in [-0.39, 0.29) is 11.8 Å². The third kappa shape index (κ3) is 3.46. The predicted molar refractivity (Wildman–Crippen MR) is 101 cm³/mol. The van der Waals surface area contributed by atoms with Crippen LogP contribution in [0.1, 0.15) is 48.0 Å². The molecule has 1 aromatic rings. The van der Waals surface area contributed by atoms with Crippen molar-refractivity contribution >= 4 is 29.0 Å². The van der Waals surface area contributed by atoms with Gasteiger partial charge in [-0.25, -0.2) is 0 Å². The molecule has 2 atom stereocenters. The van der Waals surface area contributed by atoms with Gasteiger partial charge in [-0.2, -0.15) is 0 Å². The fourth-order valence-corrected chi connectivity index (χ4v) is 4.12. The highest BCUT2D eigenvalue weighted by Gasteiger charge is 2.38. The van der Waals surface area contributed by atoms with Gasteiger partial charge >= 0.3 is 0 Å². The maximum atomic E-state index is 12.7. The third-order valence-corrected chi connectivity index (χ3v) is 5.66. The van der Waals surface area contributed by atoms with Gasteiger partial charge in [0, 0.05) is 24.6 Å². The third-order valence-electron chi connectivity index (χ3n) is 5.36. The molecule has 1 aromatic carbocycles. The zero-order valence-electron chi connectivity index (χ0n) is 14.6. The van der Waals surface area contributed by atoms with Crippen molar-refractivity contribution in [1.82, 2.24) is 15.5 Å². The molecule has 1 unspecified atom stereocenters. The molecule has 0 aromatic heterocycles. The normalized spacial score (nSPS) is 25.8. The second-order valence-electron chi connectivity index (χ2n) is 7.18. The van der Waals surface area contributed by atoms with Crippen LogP contribution in [0.4, 0.5) is 0 Å². The van der Waals surface area contributed by atoms with E-state index in [9.17, 15) is 9.59 Å². The summed E-state index contributed by atoms with van der Waals surface area (Å²) in [6, 6.07) is 5.54. The molecule has 3 heterocycles. The van der Waals surface area contributed by atoms with Crippen molar-refractivity contribution in [2.24, 2.45) is 0 Å². The van der Waals surface area contributed by atoms with E-state index in [1.165, 1.54) is 12.8 Å². The number of rotatable bonds is 4. The van der Waals surface area contributed by atoms with Crippen molar-refractivity contribution in [1.29, 1.82) is 0 Å². The molecule has 0 spiro atoms. The van der Waals surface area contributed by atoms with Gasteiger partial charge in [0.2, 0.25) is 5.91 Å². The van der Waals surface area contributed by atoms with Crippen LogP contribution in [0.5, 0.6) is 5.75 Å². The average Bonchev–Trinajstić information content (AvgIpc) is 2.97. The Morgan fingerprint density at radius 2 is 2.12 bits per heavy atom. The Hall–Kier alpha value is -1.99. The minimum absolute atomic E-state index is 0.0894. The SMILES string of the molecule is O=C1NC(=S)CCC1N1Cc2cc(OC[C@H]3CCCCN3)ccc2C1=O. The first kappa shape index (κ1) is 17.4. The van der Waals surface area contributed by atoms with E-state index in [1.807, 2.05) is 18.2 Å². The Morgan fingerprint density at radius 3 is 2.88 bits per heavy atom. The van der Waals surface area contributed by atoms with Crippen LogP contribution < -0.4 is 15.4 Å². The van der Waals surface area contributed by atoms with Gasteiger partial charge in [-0.3, -0.25) is 9.59 Å². The topological polar surface area (TPSA) is 70.7 Å². The van der Waals surface area contributed by atoms with Crippen molar-refractivity contribution in [3.63, 3.8) is 0 Å². The maximum absolute atomic E-state index is 12.7. The van der Waals surface area contributed by atoms with E-state index in [4.69, 9.17) is 17.0 Å². The second kappa shape index (κ2) is 7.32. The lowest BCUT2D eigenvalue weighted by atomic mass is 10.1. The van der Waals surface area contributed by atoms with Gasteiger partial charge in [0.25, 0.3) is 5.91 Å². The Kier molecular flexibility index (Phi) is 4.91. The second-order valence-corrected chi connectivity index (χ2v) is 7.67. The van der Waals surface area contributed by atoms with Crippen LogP contribution in [0.25, 0.3) is 0 Å². The molecule has 0 radical (unpaired) electrons. The fourth-order valence-electron chi connectivity index (χ4n) is 3.90. The maximum Gasteiger partial charge on any atom is 0.255 e. The molecule has 0 aliphatic carbocycles. The van der Waals surface area contributed by atoms with Crippen LogP contribution in [-0.4, -0.2) is 46.9 Å². The Labute approximate surface area is 158 Å². The molecular formula is C19H23N3O3S. The highest BCUT2D eigenvalue weighted by molar-refractivity contribution is 7.80. The minimum atomic E-state index is -0.447. The number of thiocarbonyl (C=S) groups is 1. The zero-order valence-corrected chi connectivity index (χ0v) is 15.4. The number of carbonyl (C=O) groups is 2. The number of fused-ring (bicyclic) bond motifs is 1. The molecular weight excluding hydrogens is 350 g/mol. The number of nitrogens with one attached hydrogen (secondary N) is 2. The number of hydrogen-bond donors (Lipinski definition) is 2. The van der Waals surface area contributed by atoms with Crippen molar-refractivity contribution in [2.45, 2.75) is 50.7 Å². The molecule has 0 saturated carbocycles. The molecule has 2 amide bonds. The minimum Gasteiger partial charge on any atom is -0.492 e. The quantitative estimate of drug-likeness (QED) is 0.787. The molecule has 2 fully saturated rings. The van der Waals surface area contributed by atoms with E-state index in [2.05, 4.69) is 10.6 Å². The Bertz CT molecular complexity index is 746. The summed E-state index contributed by atoms with van der Waals surface area (Å²) in [5.41, 5.74) is 1.58. The van der Waals surface area contributed by atoms with Crippen LogP contribution in [-0.2, 0) is 11.3 Å². The monoisotopic (exact) mass is 373 g/mol. The van der Waals surface area contributed by atoms with E-state index >= 15 is 0 Å². The summed E-state index contributed by atoms with van der Waals surface area (Å²) in [7, 11) is 0. The summed E-state index contributed by atoms with van der Waals surface area (Å²) in [6.07, 6.45) is 4.82. The summed E-state index contributed by atoms with van der Waals surface area (Å²) in [5.74, 6) is 0.510. The van der Waals surface area contributed by atoms with Gasteiger partial charge in [0.1, 0.15) is 18.4 Å². The van der Waals surface area contributed by atoms with Crippen molar-refractivity contribution in [3.8, 4) is 5.75 Å². The lowest BCUT2D eigenvalue weighted by molar-refractivity contribution is -0.125. The summed E-state index contributed by atoms with van der Waals surface area (Å²) in [5, 5.41) is 6.15. The van der Waals surface area contributed by atoms with E-state index in [1.54, 1.807) is 4.90 Å². The molecule has 3 aliphatic rings. The van der Waals surface area contributed by atoms with Crippen LogP contribution in [0.15, 0.2) is 18.2 Å². The highest BCUT2D eigenvalue weighted by Crippen LogP contribution is 2.30. The number of piperidine rings is 2. The fraction of sp³-hybridized carbons (Fsp3) is 0.526. The van der Waals surface area contributed by atoms with Gasteiger partial charge in [0.05, 0.1) is 4.99 Å². The van der Waals surface area contributed by atoms with Gasteiger partial charge < -0.3 is 20.3 Å². The summed E-state index contributed by atoms with van der Waals surface area (Å²) in [6.45, 7) is 2.13. The number of nitrogens with zero attached hydrogens (tertiary/aromatic N) is 1. The summed E-state index contributed by atoms with van der Waals surface area (Å²) < 4.78 is 5.93. The van der Waals surface area contributed by atoms with Crippen LogP contribution >= 0.6 is 12.2 Å². The smallest absolute Gasteiger partial charge is 0.255 e. The molecule has 2 saturated heterocycles. The van der Waals surface area contributed by atoms with E-state index in [0.29, 0.717) is 42.6 Å². The molecule has 7 heteroatoms. The predicted octanol–water partition coefficient (Wildman–Crippen LogP) is 1.77. The molecule has 3 aliphatic heterocycles. The van der Waals surface area contributed by atoms with Crippen LogP contribution in [0.2, 0.25) is 0 Å². The molecule has 6 nitrogen and oxygen atoms in total. The number of hydrogen-bond acceptors (Lipinski definition) is 5. The van der Waals surface area contributed by atoms with Gasteiger partial charge in [0.15, 0.2) is 0 Å². The van der Waals surface area contributed by atoms with E-state index in [0.717, 1.165) is 24.3 Å². The van der Waals surface area contributed by atoms with Crippen molar-refractivity contribution < 1.29 is 14.3 Å². The highest BCUT2D eigenvalue weighted by atomic mass is 32.1. The first-order valence-electron chi connectivity index (χ1n) is 9.25. The first-order chi connectivity index (χ1) is 12.6. The number of carbonyl (C=O) groups excluding carboxylic acids is 2. The molecule has 2 N–H and O–H groups in total.